The number of nitrogens with zero attached hydrogens (tertiary/aromatic N) is 3. The van der Waals surface area contributed by atoms with Crippen LogP contribution < -0.4 is 0 Å². The van der Waals surface area contributed by atoms with Crippen molar-refractivity contribution >= 4 is 0 Å². The zero-order valence-corrected chi connectivity index (χ0v) is 12.0. The molecule has 0 radical (unpaired) electrons. The van der Waals surface area contributed by atoms with Gasteiger partial charge in [0.05, 0.1) is 12.2 Å². The minimum absolute atomic E-state index is 0.337. The van der Waals surface area contributed by atoms with E-state index in [2.05, 4.69) is 21.7 Å². The Balaban J connectivity index is 2.27. The molecule has 1 rings (SSSR count). The van der Waals surface area contributed by atoms with Crippen LogP contribution in [0.4, 0.5) is 0 Å². The second-order valence-corrected chi connectivity index (χ2v) is 5.60. The molecule has 18 heavy (non-hydrogen) atoms. The molecule has 0 bridgehead atoms. The van der Waals surface area contributed by atoms with Crippen LogP contribution in [0.25, 0.3) is 0 Å². The fraction of sp³-hybridized carbons (Fsp3) is 1.00. The van der Waals surface area contributed by atoms with Crippen LogP contribution >= 0.6 is 0 Å². The van der Waals surface area contributed by atoms with Crippen LogP contribution in [0.15, 0.2) is 0 Å². The van der Waals surface area contributed by atoms with E-state index in [1.807, 2.05) is 0 Å². The van der Waals surface area contributed by atoms with Crippen molar-refractivity contribution in [2.45, 2.75) is 26.1 Å². The van der Waals surface area contributed by atoms with Crippen molar-refractivity contribution in [3.8, 4) is 0 Å². The Morgan fingerprint density at radius 3 is 1.94 bits per heavy atom. The number of aliphatic hydroxyl groups excluding tert-OH is 2. The molecule has 1 saturated heterocycles. The summed E-state index contributed by atoms with van der Waals surface area (Å²) in [5.41, 5.74) is 0. The van der Waals surface area contributed by atoms with E-state index in [1.54, 1.807) is 13.8 Å². The van der Waals surface area contributed by atoms with Crippen molar-refractivity contribution < 1.29 is 10.2 Å². The normalized spacial score (nSPS) is 22.3. The summed E-state index contributed by atoms with van der Waals surface area (Å²) in [5, 5.41) is 18.9. The standard InChI is InChI=1S/C13H29N3O2/c1-12(17)10-16(11-13(2)18)9-8-15-6-4-14(3)5-7-15/h12-13,17-18H,4-11H2,1-3H3. The van der Waals surface area contributed by atoms with Crippen LogP contribution in [-0.2, 0) is 0 Å². The maximum atomic E-state index is 9.46. The Kier molecular flexibility index (Phi) is 7.11. The van der Waals surface area contributed by atoms with Gasteiger partial charge in [0.15, 0.2) is 0 Å². The molecule has 1 aliphatic heterocycles. The third-order valence-electron chi connectivity index (χ3n) is 3.37. The first kappa shape index (κ1) is 15.9. The number of aliphatic hydroxyl groups is 2. The van der Waals surface area contributed by atoms with Gasteiger partial charge >= 0.3 is 0 Å². The first-order chi connectivity index (χ1) is 8.47. The van der Waals surface area contributed by atoms with Crippen LogP contribution in [0, 0.1) is 0 Å². The zero-order valence-electron chi connectivity index (χ0n) is 12.0. The van der Waals surface area contributed by atoms with Crippen LogP contribution in [0.1, 0.15) is 13.8 Å². The van der Waals surface area contributed by atoms with Crippen LogP contribution in [-0.4, -0.2) is 96.5 Å². The molecule has 0 aromatic carbocycles. The van der Waals surface area contributed by atoms with Crippen molar-refractivity contribution in [2.75, 3.05) is 59.4 Å². The highest BCUT2D eigenvalue weighted by atomic mass is 16.3. The fourth-order valence-corrected chi connectivity index (χ4v) is 2.36. The molecule has 1 aliphatic rings. The van der Waals surface area contributed by atoms with Gasteiger partial charge in [-0.05, 0) is 20.9 Å². The lowest BCUT2D eigenvalue weighted by Gasteiger charge is -2.34. The number of piperazine rings is 1. The molecule has 0 aliphatic carbocycles. The highest BCUT2D eigenvalue weighted by Crippen LogP contribution is 2.01. The molecule has 1 heterocycles. The van der Waals surface area contributed by atoms with Gasteiger partial charge in [0.2, 0.25) is 0 Å². The molecule has 0 spiro atoms. The summed E-state index contributed by atoms with van der Waals surface area (Å²) < 4.78 is 0. The highest BCUT2D eigenvalue weighted by Gasteiger charge is 2.16. The molecule has 1 fully saturated rings. The minimum Gasteiger partial charge on any atom is -0.392 e. The van der Waals surface area contributed by atoms with E-state index in [1.165, 1.54) is 0 Å². The molecule has 2 N–H and O–H groups in total. The molecule has 0 aromatic heterocycles. The number of hydrogen-bond donors (Lipinski definition) is 2. The molecular formula is C13H29N3O2. The average molecular weight is 259 g/mol. The predicted octanol–water partition coefficient (Wildman–Crippen LogP) is -0.703. The third kappa shape index (κ3) is 6.66. The summed E-state index contributed by atoms with van der Waals surface area (Å²) in [6, 6.07) is 0. The van der Waals surface area contributed by atoms with Crippen LogP contribution in [0.5, 0.6) is 0 Å². The summed E-state index contributed by atoms with van der Waals surface area (Å²) in [7, 11) is 2.16. The van der Waals surface area contributed by atoms with Crippen molar-refractivity contribution in [3.05, 3.63) is 0 Å². The molecule has 5 nitrogen and oxygen atoms in total. The lowest BCUT2D eigenvalue weighted by molar-refractivity contribution is 0.0698. The Morgan fingerprint density at radius 1 is 1.00 bits per heavy atom. The second-order valence-electron chi connectivity index (χ2n) is 5.60. The van der Waals surface area contributed by atoms with Crippen molar-refractivity contribution in [3.63, 3.8) is 0 Å². The average Bonchev–Trinajstić information content (AvgIpc) is 2.26. The SMILES string of the molecule is CC(O)CN(CCN1CCN(C)CC1)CC(C)O. The second kappa shape index (κ2) is 8.07. The van der Waals surface area contributed by atoms with E-state index in [4.69, 9.17) is 0 Å². The van der Waals surface area contributed by atoms with E-state index in [0.717, 1.165) is 39.3 Å². The van der Waals surface area contributed by atoms with E-state index < -0.39 is 0 Å². The Labute approximate surface area is 111 Å². The summed E-state index contributed by atoms with van der Waals surface area (Å²) in [4.78, 5) is 6.95. The van der Waals surface area contributed by atoms with Crippen LogP contribution in [0.3, 0.4) is 0 Å². The predicted molar refractivity (Wildman–Crippen MR) is 73.7 cm³/mol. The Morgan fingerprint density at radius 2 is 1.50 bits per heavy atom. The Bertz CT molecular complexity index is 206. The summed E-state index contributed by atoms with van der Waals surface area (Å²) >= 11 is 0. The van der Waals surface area contributed by atoms with Crippen molar-refractivity contribution in [1.82, 2.24) is 14.7 Å². The van der Waals surface area contributed by atoms with Gasteiger partial charge in [-0.3, -0.25) is 9.80 Å². The fourth-order valence-electron chi connectivity index (χ4n) is 2.36. The first-order valence-corrected chi connectivity index (χ1v) is 6.96. The molecule has 0 saturated carbocycles. The van der Waals surface area contributed by atoms with E-state index in [-0.39, 0.29) is 12.2 Å². The van der Waals surface area contributed by atoms with E-state index >= 15 is 0 Å². The van der Waals surface area contributed by atoms with Gasteiger partial charge < -0.3 is 15.1 Å². The van der Waals surface area contributed by atoms with E-state index in [9.17, 15) is 10.2 Å². The molecule has 2 atom stereocenters. The molecule has 2 unspecified atom stereocenters. The maximum Gasteiger partial charge on any atom is 0.0639 e. The lowest BCUT2D eigenvalue weighted by atomic mass is 10.3. The molecule has 0 aromatic rings. The minimum atomic E-state index is -0.337. The third-order valence-corrected chi connectivity index (χ3v) is 3.37. The quantitative estimate of drug-likeness (QED) is 0.633. The monoisotopic (exact) mass is 259 g/mol. The number of hydrogen-bond acceptors (Lipinski definition) is 5. The number of rotatable bonds is 7. The maximum absolute atomic E-state index is 9.46. The summed E-state index contributed by atoms with van der Waals surface area (Å²) in [6.07, 6.45) is -0.674. The molecule has 108 valence electrons. The van der Waals surface area contributed by atoms with Gasteiger partial charge in [-0.15, -0.1) is 0 Å². The zero-order chi connectivity index (χ0) is 13.5. The molecular weight excluding hydrogens is 230 g/mol. The van der Waals surface area contributed by atoms with E-state index in [0.29, 0.717) is 13.1 Å². The van der Waals surface area contributed by atoms with Gasteiger partial charge in [-0.25, -0.2) is 0 Å². The van der Waals surface area contributed by atoms with Crippen molar-refractivity contribution in [2.24, 2.45) is 0 Å². The summed E-state index contributed by atoms with van der Waals surface area (Å²) in [6.45, 7) is 11.3. The lowest BCUT2D eigenvalue weighted by Crippen LogP contribution is -2.48. The largest absolute Gasteiger partial charge is 0.392 e. The topological polar surface area (TPSA) is 50.2 Å². The number of likely N-dealkylation sites (N-methyl/N-ethyl adjacent to an activating group) is 1. The first-order valence-electron chi connectivity index (χ1n) is 6.96. The Hall–Kier alpha value is -0.200. The molecule has 0 amide bonds. The van der Waals surface area contributed by atoms with Crippen LogP contribution in [0.2, 0.25) is 0 Å². The van der Waals surface area contributed by atoms with Gasteiger partial charge in [0, 0.05) is 52.4 Å². The van der Waals surface area contributed by atoms with Gasteiger partial charge in [0.1, 0.15) is 0 Å². The van der Waals surface area contributed by atoms with Gasteiger partial charge in [-0.1, -0.05) is 0 Å². The molecule has 5 heteroatoms. The summed E-state index contributed by atoms with van der Waals surface area (Å²) in [5.74, 6) is 0. The highest BCUT2D eigenvalue weighted by molar-refractivity contribution is 4.72. The smallest absolute Gasteiger partial charge is 0.0639 e. The van der Waals surface area contributed by atoms with Gasteiger partial charge in [0.25, 0.3) is 0 Å². The van der Waals surface area contributed by atoms with Gasteiger partial charge in [-0.2, -0.15) is 0 Å². The van der Waals surface area contributed by atoms with Crippen molar-refractivity contribution in [1.29, 1.82) is 0 Å².